The van der Waals surface area contributed by atoms with Crippen molar-refractivity contribution in [3.63, 3.8) is 0 Å². The number of tetrazole rings is 1. The molecular weight excluding hydrogens is 392 g/mol. The fourth-order valence-electron chi connectivity index (χ4n) is 2.50. The van der Waals surface area contributed by atoms with Crippen LogP contribution in [0.15, 0.2) is 58.5 Å². The third kappa shape index (κ3) is 4.01. The van der Waals surface area contributed by atoms with E-state index >= 15 is 0 Å². The Bertz CT molecular complexity index is 1180. The number of thiazole rings is 1. The summed E-state index contributed by atoms with van der Waals surface area (Å²) in [6, 6.07) is 12.7. The second kappa shape index (κ2) is 7.98. The fraction of sp³-hybridized carbons (Fsp3) is 0.0526. The lowest BCUT2D eigenvalue weighted by molar-refractivity contribution is -0.111. The molecule has 1 amide bonds. The summed E-state index contributed by atoms with van der Waals surface area (Å²) in [4.78, 5) is 28.6. The number of nitrogens with one attached hydrogen (secondary N) is 1. The summed E-state index contributed by atoms with van der Waals surface area (Å²) in [5, 5.41) is 16.3. The van der Waals surface area contributed by atoms with Crippen LogP contribution in [0.5, 0.6) is 0 Å². The number of hydrogen-bond acceptors (Lipinski definition) is 8. The van der Waals surface area contributed by atoms with Crippen LogP contribution in [0, 0.1) is 0 Å². The van der Waals surface area contributed by atoms with Gasteiger partial charge in [0.05, 0.1) is 6.26 Å². The lowest BCUT2D eigenvalue weighted by atomic mass is 10.2. The molecule has 0 aliphatic rings. The fourth-order valence-corrected chi connectivity index (χ4v) is 3.25. The van der Waals surface area contributed by atoms with Crippen molar-refractivity contribution < 1.29 is 14.0 Å². The predicted molar refractivity (Wildman–Crippen MR) is 107 cm³/mol. The quantitative estimate of drug-likeness (QED) is 0.386. The summed E-state index contributed by atoms with van der Waals surface area (Å²) < 4.78 is 6.67. The Balaban J connectivity index is 1.73. The Labute approximate surface area is 168 Å². The number of anilines is 1. The van der Waals surface area contributed by atoms with Crippen molar-refractivity contribution in [2.75, 3.05) is 5.32 Å². The molecule has 0 aliphatic heterocycles. The monoisotopic (exact) mass is 406 g/mol. The van der Waals surface area contributed by atoms with E-state index in [1.807, 2.05) is 30.3 Å². The standard InChI is InChI=1S/C19H14N6O3S/c1-12(26)15-11-29-19(20-15)21-18(27)16(10-14-8-5-9-28-14)25-17(22-23-24-25)13-6-3-2-4-7-13/h2-11H,1H3,(H,20,21,27)/b16-10+. The zero-order valence-electron chi connectivity index (χ0n) is 15.1. The van der Waals surface area contributed by atoms with Gasteiger partial charge >= 0.3 is 0 Å². The molecule has 0 saturated heterocycles. The summed E-state index contributed by atoms with van der Waals surface area (Å²) in [6.45, 7) is 1.41. The van der Waals surface area contributed by atoms with E-state index in [1.54, 1.807) is 17.5 Å². The van der Waals surface area contributed by atoms with Crippen LogP contribution in [0.2, 0.25) is 0 Å². The molecule has 29 heavy (non-hydrogen) atoms. The van der Waals surface area contributed by atoms with Crippen LogP contribution >= 0.6 is 11.3 Å². The van der Waals surface area contributed by atoms with Crippen LogP contribution in [0.25, 0.3) is 23.2 Å². The van der Waals surface area contributed by atoms with E-state index in [0.29, 0.717) is 16.7 Å². The topological polar surface area (TPSA) is 116 Å². The first-order valence-electron chi connectivity index (χ1n) is 8.49. The molecule has 0 aliphatic carbocycles. The number of Topliss-reactive ketones (excluding diaryl/α,β-unsaturated/α-hetero) is 1. The highest BCUT2D eigenvalue weighted by molar-refractivity contribution is 7.14. The molecule has 0 unspecified atom stereocenters. The number of carbonyl (C=O) groups is 2. The minimum absolute atomic E-state index is 0.128. The first-order chi connectivity index (χ1) is 14.1. The van der Waals surface area contributed by atoms with Crippen LogP contribution in [0.1, 0.15) is 23.2 Å². The molecule has 0 fully saturated rings. The molecule has 1 aromatic carbocycles. The van der Waals surface area contributed by atoms with Gasteiger partial charge in [0.2, 0.25) is 0 Å². The zero-order valence-corrected chi connectivity index (χ0v) is 16.0. The van der Waals surface area contributed by atoms with Crippen molar-refractivity contribution in [3.8, 4) is 11.4 Å². The highest BCUT2D eigenvalue weighted by Crippen LogP contribution is 2.23. The second-order valence-corrected chi connectivity index (χ2v) is 6.73. The van der Waals surface area contributed by atoms with Crippen LogP contribution < -0.4 is 5.32 Å². The summed E-state index contributed by atoms with van der Waals surface area (Å²) >= 11 is 1.15. The van der Waals surface area contributed by atoms with Crippen LogP contribution in [-0.4, -0.2) is 36.9 Å². The molecule has 0 bridgehead atoms. The van der Waals surface area contributed by atoms with Gasteiger partial charge in [-0.25, -0.2) is 4.98 Å². The van der Waals surface area contributed by atoms with Gasteiger partial charge in [-0.3, -0.25) is 14.9 Å². The Morgan fingerprint density at radius 2 is 2.00 bits per heavy atom. The molecule has 0 spiro atoms. The molecule has 0 radical (unpaired) electrons. The minimum Gasteiger partial charge on any atom is -0.465 e. The van der Waals surface area contributed by atoms with Gasteiger partial charge in [-0.1, -0.05) is 30.3 Å². The first-order valence-corrected chi connectivity index (χ1v) is 9.37. The molecule has 3 aromatic heterocycles. The van der Waals surface area contributed by atoms with Gasteiger partial charge in [-0.2, -0.15) is 4.68 Å². The third-order valence-electron chi connectivity index (χ3n) is 3.87. The number of carbonyl (C=O) groups excluding carboxylic acids is 2. The second-order valence-electron chi connectivity index (χ2n) is 5.87. The molecule has 4 aromatic rings. The van der Waals surface area contributed by atoms with Crippen molar-refractivity contribution in [1.82, 2.24) is 25.2 Å². The van der Waals surface area contributed by atoms with Gasteiger partial charge in [0.15, 0.2) is 16.7 Å². The largest absolute Gasteiger partial charge is 0.465 e. The number of ketones is 1. The summed E-state index contributed by atoms with van der Waals surface area (Å²) in [6.07, 6.45) is 3.02. The van der Waals surface area contributed by atoms with E-state index in [1.165, 1.54) is 23.9 Å². The Kier molecular flexibility index (Phi) is 5.08. The van der Waals surface area contributed by atoms with Crippen molar-refractivity contribution in [2.24, 2.45) is 0 Å². The number of aromatic nitrogens is 5. The number of furan rings is 1. The van der Waals surface area contributed by atoms with Crippen molar-refractivity contribution in [3.05, 3.63) is 65.6 Å². The molecule has 144 valence electrons. The number of amides is 1. The predicted octanol–water partition coefficient (Wildman–Crippen LogP) is 3.23. The maximum atomic E-state index is 13.0. The SMILES string of the molecule is CC(=O)c1csc(NC(=O)/C(=C\c2ccco2)n2nnnc2-c2ccccc2)n1. The van der Waals surface area contributed by atoms with E-state index in [0.717, 1.165) is 16.9 Å². The van der Waals surface area contributed by atoms with Crippen molar-refractivity contribution in [2.45, 2.75) is 6.92 Å². The van der Waals surface area contributed by atoms with Gasteiger partial charge in [0.1, 0.15) is 17.2 Å². The maximum Gasteiger partial charge on any atom is 0.276 e. The third-order valence-corrected chi connectivity index (χ3v) is 4.63. The average molecular weight is 406 g/mol. The number of hydrogen-bond donors (Lipinski definition) is 1. The zero-order chi connectivity index (χ0) is 20.2. The average Bonchev–Trinajstić information content (AvgIpc) is 3.48. The summed E-state index contributed by atoms with van der Waals surface area (Å²) in [7, 11) is 0. The number of nitrogens with zero attached hydrogens (tertiary/aromatic N) is 5. The maximum absolute atomic E-state index is 13.0. The molecule has 10 heteroatoms. The minimum atomic E-state index is -0.504. The van der Waals surface area contributed by atoms with Gasteiger partial charge in [-0.05, 0) is 22.6 Å². The highest BCUT2D eigenvalue weighted by Gasteiger charge is 2.21. The molecule has 0 atom stereocenters. The van der Waals surface area contributed by atoms with E-state index < -0.39 is 5.91 Å². The Hall–Kier alpha value is -3.92. The van der Waals surface area contributed by atoms with E-state index in [9.17, 15) is 9.59 Å². The smallest absolute Gasteiger partial charge is 0.276 e. The Morgan fingerprint density at radius 1 is 1.17 bits per heavy atom. The Morgan fingerprint density at radius 3 is 2.69 bits per heavy atom. The van der Waals surface area contributed by atoms with Crippen molar-refractivity contribution >= 4 is 39.9 Å². The highest BCUT2D eigenvalue weighted by atomic mass is 32.1. The van der Waals surface area contributed by atoms with Gasteiger partial charge < -0.3 is 4.42 Å². The lowest BCUT2D eigenvalue weighted by Gasteiger charge is -2.09. The van der Waals surface area contributed by atoms with Crippen LogP contribution in [0.3, 0.4) is 0 Å². The lowest BCUT2D eigenvalue weighted by Crippen LogP contribution is -2.19. The van der Waals surface area contributed by atoms with Crippen molar-refractivity contribution in [1.29, 1.82) is 0 Å². The first kappa shape index (κ1) is 18.4. The van der Waals surface area contributed by atoms with Crippen LogP contribution in [-0.2, 0) is 4.79 Å². The number of benzene rings is 1. The molecule has 3 heterocycles. The van der Waals surface area contributed by atoms with E-state index in [4.69, 9.17) is 4.42 Å². The van der Waals surface area contributed by atoms with E-state index in [2.05, 4.69) is 25.8 Å². The van der Waals surface area contributed by atoms with Gasteiger partial charge in [0.25, 0.3) is 5.91 Å². The van der Waals surface area contributed by atoms with Gasteiger partial charge in [0, 0.05) is 23.9 Å². The van der Waals surface area contributed by atoms with Crippen LogP contribution in [0.4, 0.5) is 5.13 Å². The summed E-state index contributed by atoms with van der Waals surface area (Å²) in [5.41, 5.74) is 1.15. The van der Waals surface area contributed by atoms with Gasteiger partial charge in [-0.15, -0.1) is 16.4 Å². The molecular formula is C19H14N6O3S. The summed E-state index contributed by atoms with van der Waals surface area (Å²) in [5.74, 6) is 0.158. The molecule has 0 saturated carbocycles. The molecule has 1 N–H and O–H groups in total. The molecule has 9 nitrogen and oxygen atoms in total. The molecule has 4 rings (SSSR count). The van der Waals surface area contributed by atoms with E-state index in [-0.39, 0.29) is 17.2 Å². The normalized spacial score (nSPS) is 11.4. The number of rotatable bonds is 6.